The number of guanidine groups is 1. The van der Waals surface area contributed by atoms with Crippen molar-refractivity contribution in [3.8, 4) is 0 Å². The van der Waals surface area contributed by atoms with Crippen molar-refractivity contribution in [2.75, 3.05) is 19.3 Å². The van der Waals surface area contributed by atoms with Gasteiger partial charge in [0.25, 0.3) is 0 Å². The van der Waals surface area contributed by atoms with Crippen LogP contribution in [0.4, 0.5) is 0 Å². The van der Waals surface area contributed by atoms with Gasteiger partial charge < -0.3 is 10.6 Å². The second-order valence-electron chi connectivity index (χ2n) is 7.02. The van der Waals surface area contributed by atoms with Crippen molar-refractivity contribution < 1.29 is 0 Å². The van der Waals surface area contributed by atoms with E-state index < -0.39 is 0 Å². The van der Waals surface area contributed by atoms with Crippen LogP contribution < -0.4 is 10.6 Å². The number of hydrogen-bond acceptors (Lipinski definition) is 2. The molecular weight excluding hydrogens is 405 g/mol. The quantitative estimate of drug-likeness (QED) is 0.361. The van der Waals surface area contributed by atoms with Crippen molar-refractivity contribution in [1.29, 1.82) is 0 Å². The number of nitrogens with one attached hydrogen (secondary N) is 2. The van der Waals surface area contributed by atoms with Crippen LogP contribution in [-0.4, -0.2) is 36.6 Å². The molecule has 3 nitrogen and oxygen atoms in total. The molecule has 128 valence electrons. The molecule has 2 N–H and O–H groups in total. The largest absolute Gasteiger partial charge is 0.356 e. The summed E-state index contributed by atoms with van der Waals surface area (Å²) in [5.74, 6) is 5.22. The van der Waals surface area contributed by atoms with Crippen LogP contribution in [0.15, 0.2) is 4.99 Å². The van der Waals surface area contributed by atoms with Crippen LogP contribution in [0.3, 0.4) is 0 Å². The van der Waals surface area contributed by atoms with Crippen LogP contribution in [0.2, 0.25) is 0 Å². The summed E-state index contributed by atoms with van der Waals surface area (Å²) in [5, 5.41) is 8.13. The van der Waals surface area contributed by atoms with Gasteiger partial charge in [0, 0.05) is 24.9 Å². The smallest absolute Gasteiger partial charge is 0.191 e. The second kappa shape index (κ2) is 9.00. The number of hydrogen-bond donors (Lipinski definition) is 2. The third-order valence-electron chi connectivity index (χ3n) is 5.31. The predicted octanol–water partition coefficient (Wildman–Crippen LogP) is 3.88. The molecule has 22 heavy (non-hydrogen) atoms. The molecule has 0 bridgehead atoms. The van der Waals surface area contributed by atoms with E-state index in [1.165, 1.54) is 50.7 Å². The molecule has 0 aromatic rings. The van der Waals surface area contributed by atoms with Gasteiger partial charge in [0.15, 0.2) is 5.96 Å². The highest BCUT2D eigenvalue weighted by Gasteiger charge is 2.41. The maximum Gasteiger partial charge on any atom is 0.191 e. The van der Waals surface area contributed by atoms with Crippen molar-refractivity contribution >= 4 is 41.7 Å². The van der Waals surface area contributed by atoms with E-state index in [4.69, 9.17) is 0 Å². The lowest BCUT2D eigenvalue weighted by atomic mass is 9.98. The summed E-state index contributed by atoms with van der Waals surface area (Å²) in [6.07, 6.45) is 9.82. The van der Waals surface area contributed by atoms with Crippen molar-refractivity contribution in [3.63, 3.8) is 0 Å². The fourth-order valence-electron chi connectivity index (χ4n) is 3.83. The first kappa shape index (κ1) is 18.7. The first-order valence-electron chi connectivity index (χ1n) is 8.89. The molecule has 3 aliphatic rings. The molecule has 0 spiro atoms. The lowest BCUT2D eigenvalue weighted by Crippen LogP contribution is -2.44. The molecule has 3 rings (SSSR count). The van der Waals surface area contributed by atoms with Crippen molar-refractivity contribution in [3.05, 3.63) is 0 Å². The summed E-state index contributed by atoms with van der Waals surface area (Å²) in [5.41, 5.74) is 0. The van der Waals surface area contributed by atoms with Gasteiger partial charge in [-0.05, 0) is 68.5 Å². The maximum atomic E-state index is 4.44. The predicted molar refractivity (Wildman–Crippen MR) is 108 cm³/mol. The zero-order chi connectivity index (χ0) is 14.7. The molecule has 0 heterocycles. The van der Waals surface area contributed by atoms with Gasteiger partial charge >= 0.3 is 0 Å². The Morgan fingerprint density at radius 3 is 2.36 bits per heavy atom. The third kappa shape index (κ3) is 5.46. The number of nitrogens with zero attached hydrogens (tertiary/aromatic N) is 1. The highest BCUT2D eigenvalue weighted by molar-refractivity contribution is 14.0. The Morgan fingerprint density at radius 2 is 1.82 bits per heavy atom. The standard InChI is InChI=1S/C17H31N3S.HI/c1-3-21-15-9-8-14(10-15)20-17(18-2)19-11-16(12-4-5-12)13-6-7-13;/h12-16H,3-11H2,1-2H3,(H2,18,19,20);1H. The molecule has 2 unspecified atom stereocenters. The van der Waals surface area contributed by atoms with Crippen LogP contribution in [0.25, 0.3) is 0 Å². The van der Waals surface area contributed by atoms with Gasteiger partial charge in [-0.25, -0.2) is 0 Å². The minimum Gasteiger partial charge on any atom is -0.356 e. The molecule has 0 saturated heterocycles. The van der Waals surface area contributed by atoms with Gasteiger partial charge in [-0.3, -0.25) is 4.99 Å². The Labute approximate surface area is 157 Å². The number of thioether (sulfide) groups is 1. The molecule has 0 radical (unpaired) electrons. The summed E-state index contributed by atoms with van der Waals surface area (Å²) < 4.78 is 0. The molecule has 3 aliphatic carbocycles. The van der Waals surface area contributed by atoms with Crippen LogP contribution in [0.5, 0.6) is 0 Å². The van der Waals surface area contributed by atoms with E-state index in [2.05, 4.69) is 34.3 Å². The minimum atomic E-state index is 0. The first-order valence-corrected chi connectivity index (χ1v) is 9.93. The van der Waals surface area contributed by atoms with Gasteiger partial charge in [-0.1, -0.05) is 6.92 Å². The van der Waals surface area contributed by atoms with Crippen LogP contribution in [-0.2, 0) is 0 Å². The fraction of sp³-hybridized carbons (Fsp3) is 0.941. The normalized spacial score (nSPS) is 28.6. The van der Waals surface area contributed by atoms with E-state index in [1.54, 1.807) is 0 Å². The molecule has 0 amide bonds. The molecular formula is C17H32IN3S. The van der Waals surface area contributed by atoms with Gasteiger partial charge in [-0.15, -0.1) is 24.0 Å². The van der Waals surface area contributed by atoms with Crippen molar-refractivity contribution in [2.45, 2.75) is 63.2 Å². The van der Waals surface area contributed by atoms with Crippen molar-refractivity contribution in [2.24, 2.45) is 22.7 Å². The SMILES string of the molecule is CCSC1CCC(NC(=NC)NCC(C2CC2)C2CC2)C1.I. The minimum absolute atomic E-state index is 0. The number of rotatable bonds is 7. The fourth-order valence-corrected chi connectivity index (χ4v) is 4.97. The topological polar surface area (TPSA) is 36.4 Å². The van der Waals surface area contributed by atoms with Crippen molar-refractivity contribution in [1.82, 2.24) is 10.6 Å². The van der Waals surface area contributed by atoms with E-state index in [9.17, 15) is 0 Å². The van der Waals surface area contributed by atoms with Gasteiger partial charge in [-0.2, -0.15) is 11.8 Å². The Bertz CT molecular complexity index is 357. The van der Waals surface area contributed by atoms with Gasteiger partial charge in [0.05, 0.1) is 0 Å². The molecule has 0 aromatic carbocycles. The third-order valence-corrected chi connectivity index (χ3v) is 6.54. The Morgan fingerprint density at radius 1 is 1.14 bits per heavy atom. The molecule has 2 atom stereocenters. The molecule has 3 fully saturated rings. The average Bonchev–Trinajstić information content (AvgIpc) is 3.39. The van der Waals surface area contributed by atoms with E-state index in [0.29, 0.717) is 6.04 Å². The Balaban J connectivity index is 0.00000176. The van der Waals surface area contributed by atoms with Crippen LogP contribution >= 0.6 is 35.7 Å². The highest BCUT2D eigenvalue weighted by atomic mass is 127. The maximum absolute atomic E-state index is 4.44. The molecule has 3 saturated carbocycles. The summed E-state index contributed by atoms with van der Waals surface area (Å²) >= 11 is 2.12. The van der Waals surface area contributed by atoms with Gasteiger partial charge in [0.2, 0.25) is 0 Å². The van der Waals surface area contributed by atoms with Crippen LogP contribution in [0.1, 0.15) is 51.9 Å². The van der Waals surface area contributed by atoms with Crippen LogP contribution in [0, 0.1) is 17.8 Å². The lowest BCUT2D eigenvalue weighted by Gasteiger charge is -2.21. The first-order chi connectivity index (χ1) is 10.3. The number of halogens is 1. The Kier molecular flexibility index (Phi) is 7.64. The lowest BCUT2D eigenvalue weighted by molar-refractivity contribution is 0.399. The van der Waals surface area contributed by atoms with Gasteiger partial charge in [0.1, 0.15) is 0 Å². The summed E-state index contributed by atoms with van der Waals surface area (Å²) in [7, 11) is 1.91. The second-order valence-corrected chi connectivity index (χ2v) is 8.60. The summed E-state index contributed by atoms with van der Waals surface area (Å²) in [4.78, 5) is 4.44. The van der Waals surface area contributed by atoms with E-state index >= 15 is 0 Å². The Hall–Kier alpha value is 0.350. The molecule has 0 aliphatic heterocycles. The average molecular weight is 437 g/mol. The zero-order valence-electron chi connectivity index (χ0n) is 14.0. The van der Waals surface area contributed by atoms with E-state index in [1.807, 2.05) is 7.05 Å². The highest BCUT2D eigenvalue weighted by Crippen LogP contribution is 2.48. The summed E-state index contributed by atoms with van der Waals surface area (Å²) in [6, 6.07) is 0.626. The summed E-state index contributed by atoms with van der Waals surface area (Å²) in [6.45, 7) is 3.40. The molecule has 5 heteroatoms. The number of aliphatic imine (C=N–C) groups is 1. The zero-order valence-corrected chi connectivity index (χ0v) is 17.2. The van der Waals surface area contributed by atoms with E-state index in [-0.39, 0.29) is 24.0 Å². The molecule has 0 aromatic heterocycles. The van der Waals surface area contributed by atoms with E-state index in [0.717, 1.165) is 35.5 Å². The monoisotopic (exact) mass is 437 g/mol.